The average Bonchev–Trinajstić information content (AvgIpc) is 2.86. The summed E-state index contributed by atoms with van der Waals surface area (Å²) in [5, 5.41) is 13.3. The number of ether oxygens (including phenoxy) is 1. The maximum atomic E-state index is 12.7. The lowest BCUT2D eigenvalue weighted by atomic mass is 9.95. The van der Waals surface area contributed by atoms with Crippen LogP contribution < -0.4 is 5.32 Å². The third-order valence-corrected chi connectivity index (χ3v) is 7.44. The molecule has 2 heterocycles. The van der Waals surface area contributed by atoms with Crippen LogP contribution in [0.2, 0.25) is 0 Å². The number of amides is 1. The topological polar surface area (TPSA) is 95.9 Å². The molecule has 1 saturated heterocycles. The van der Waals surface area contributed by atoms with Crippen molar-refractivity contribution in [3.05, 3.63) is 17.0 Å². The molecule has 0 aliphatic carbocycles. The average molecular weight is 377 g/mol. The van der Waals surface area contributed by atoms with Gasteiger partial charge in [-0.05, 0) is 38.3 Å². The number of nitrogens with one attached hydrogen (secondary N) is 1. The van der Waals surface area contributed by atoms with E-state index in [-0.39, 0.29) is 32.0 Å². The maximum absolute atomic E-state index is 12.7. The summed E-state index contributed by atoms with van der Waals surface area (Å²) in [4.78, 5) is 12.4. The Morgan fingerprint density at radius 1 is 1.42 bits per heavy atom. The Morgan fingerprint density at radius 2 is 2.17 bits per heavy atom. The molecule has 1 amide bonds. The van der Waals surface area contributed by atoms with Gasteiger partial charge in [0.15, 0.2) is 0 Å². The zero-order valence-electron chi connectivity index (χ0n) is 13.9. The Balaban J connectivity index is 2.00. The van der Waals surface area contributed by atoms with Crippen molar-refractivity contribution >= 4 is 27.3 Å². The van der Waals surface area contributed by atoms with Crippen molar-refractivity contribution < 1.29 is 23.1 Å². The van der Waals surface area contributed by atoms with Gasteiger partial charge >= 0.3 is 0 Å². The Bertz CT molecular complexity index is 673. The van der Waals surface area contributed by atoms with E-state index < -0.39 is 15.6 Å². The lowest BCUT2D eigenvalue weighted by Crippen LogP contribution is -2.44. The highest BCUT2D eigenvalue weighted by Gasteiger charge is 2.35. The fourth-order valence-electron chi connectivity index (χ4n) is 2.69. The number of methoxy groups -OCH3 is 1. The monoisotopic (exact) mass is 376 g/mol. The fourth-order valence-corrected chi connectivity index (χ4v) is 5.61. The van der Waals surface area contributed by atoms with Gasteiger partial charge in [0, 0.05) is 31.6 Å². The lowest BCUT2D eigenvalue weighted by Gasteiger charge is -2.27. The Hall–Kier alpha value is -1.00. The largest absolute Gasteiger partial charge is 0.388 e. The second-order valence-corrected chi connectivity index (χ2v) is 9.51. The third kappa shape index (κ3) is 4.76. The van der Waals surface area contributed by atoms with E-state index in [1.54, 1.807) is 12.1 Å². The first-order valence-corrected chi connectivity index (χ1v) is 10.1. The number of nitrogens with zero attached hydrogens (tertiary/aromatic N) is 1. The van der Waals surface area contributed by atoms with Gasteiger partial charge in [0.05, 0.1) is 5.60 Å². The molecule has 0 spiro atoms. The minimum absolute atomic E-state index is 0.0612. The zero-order valence-corrected chi connectivity index (χ0v) is 15.6. The Morgan fingerprint density at radius 3 is 2.79 bits per heavy atom. The molecular formula is C15H24N2O5S2. The van der Waals surface area contributed by atoms with E-state index in [0.717, 1.165) is 4.88 Å². The first-order chi connectivity index (χ1) is 11.3. The van der Waals surface area contributed by atoms with Crippen LogP contribution in [0.15, 0.2) is 16.3 Å². The predicted molar refractivity (Wildman–Crippen MR) is 91.5 cm³/mol. The molecule has 1 aliphatic heterocycles. The van der Waals surface area contributed by atoms with Crippen LogP contribution in [0.25, 0.3) is 0 Å². The molecule has 2 rings (SSSR count). The quantitative estimate of drug-likeness (QED) is 0.763. The number of hydrogen-bond donors (Lipinski definition) is 2. The van der Waals surface area contributed by atoms with Gasteiger partial charge in [-0.25, -0.2) is 8.42 Å². The smallest absolute Gasteiger partial charge is 0.252 e. The zero-order chi connectivity index (χ0) is 17.8. The van der Waals surface area contributed by atoms with Crippen LogP contribution in [-0.2, 0) is 19.6 Å². The second-order valence-electron chi connectivity index (χ2n) is 6.06. The summed E-state index contributed by atoms with van der Waals surface area (Å²) in [6.07, 6.45) is 1.26. The number of hydrogen-bond acceptors (Lipinski definition) is 6. The van der Waals surface area contributed by atoms with Crippen LogP contribution in [0.1, 0.15) is 24.1 Å². The number of aliphatic hydroxyl groups is 1. The molecule has 0 bridgehead atoms. The molecule has 1 fully saturated rings. The molecule has 1 atom stereocenters. The fraction of sp³-hybridized carbons (Fsp3) is 0.667. The van der Waals surface area contributed by atoms with Crippen LogP contribution in [0.4, 0.5) is 0 Å². The van der Waals surface area contributed by atoms with Gasteiger partial charge in [0.1, 0.15) is 10.8 Å². The number of carbonyl (C=O) groups is 1. The van der Waals surface area contributed by atoms with Gasteiger partial charge in [0.2, 0.25) is 5.91 Å². The minimum atomic E-state index is -3.52. The highest BCUT2D eigenvalue weighted by molar-refractivity contribution is 7.91. The molecule has 9 heteroatoms. The van der Waals surface area contributed by atoms with Crippen LogP contribution in [-0.4, -0.2) is 62.7 Å². The Kier molecular flexibility index (Phi) is 6.38. The van der Waals surface area contributed by atoms with Crippen LogP contribution in [0.5, 0.6) is 0 Å². The van der Waals surface area contributed by atoms with Crippen molar-refractivity contribution in [3.8, 4) is 0 Å². The van der Waals surface area contributed by atoms with Crippen LogP contribution in [0, 0.1) is 6.92 Å². The van der Waals surface area contributed by atoms with Gasteiger partial charge in [-0.3, -0.25) is 4.79 Å². The van der Waals surface area contributed by atoms with E-state index in [1.807, 2.05) is 6.92 Å². The van der Waals surface area contributed by atoms with Crippen molar-refractivity contribution in [2.45, 2.75) is 36.0 Å². The third-order valence-electron chi connectivity index (χ3n) is 4.08. The molecule has 136 valence electrons. The molecule has 2 N–H and O–H groups in total. The number of thiophene rings is 1. The van der Waals surface area contributed by atoms with Gasteiger partial charge < -0.3 is 15.2 Å². The van der Waals surface area contributed by atoms with E-state index >= 15 is 0 Å². The first-order valence-electron chi connectivity index (χ1n) is 7.81. The second kappa shape index (κ2) is 7.92. The molecule has 1 aromatic rings. The van der Waals surface area contributed by atoms with Crippen LogP contribution >= 0.6 is 11.3 Å². The minimum Gasteiger partial charge on any atom is -0.388 e. The summed E-state index contributed by atoms with van der Waals surface area (Å²) >= 11 is 1.25. The molecule has 0 aromatic carbocycles. The highest BCUT2D eigenvalue weighted by Crippen LogP contribution is 2.28. The van der Waals surface area contributed by atoms with Gasteiger partial charge in [0.25, 0.3) is 10.0 Å². The van der Waals surface area contributed by atoms with Gasteiger partial charge in [-0.1, -0.05) is 0 Å². The molecule has 0 unspecified atom stereocenters. The van der Waals surface area contributed by atoms with Crippen molar-refractivity contribution in [2.24, 2.45) is 0 Å². The number of rotatable bonds is 6. The summed E-state index contributed by atoms with van der Waals surface area (Å²) in [6, 6.07) is 3.41. The molecule has 1 aromatic heterocycles. The summed E-state index contributed by atoms with van der Waals surface area (Å²) in [5.74, 6) is -0.297. The van der Waals surface area contributed by atoms with Gasteiger partial charge in [-0.2, -0.15) is 4.31 Å². The van der Waals surface area contributed by atoms with Crippen LogP contribution in [0.3, 0.4) is 0 Å². The number of sulfonamides is 1. The van der Waals surface area contributed by atoms with E-state index in [1.165, 1.54) is 22.8 Å². The summed E-state index contributed by atoms with van der Waals surface area (Å²) < 4.78 is 31.9. The van der Waals surface area contributed by atoms with E-state index in [0.29, 0.717) is 23.6 Å². The highest BCUT2D eigenvalue weighted by atomic mass is 32.2. The SMILES string of the molecule is COCC(=O)NC[C@@]1(O)CCCN(S(=O)(=O)c2ccc(C)s2)CC1. The summed E-state index contributed by atoms with van der Waals surface area (Å²) in [6.45, 7) is 2.51. The van der Waals surface area contributed by atoms with E-state index in [9.17, 15) is 18.3 Å². The van der Waals surface area contributed by atoms with Crippen molar-refractivity contribution in [1.82, 2.24) is 9.62 Å². The molecular weight excluding hydrogens is 352 g/mol. The van der Waals surface area contributed by atoms with Gasteiger partial charge in [-0.15, -0.1) is 11.3 Å². The predicted octanol–water partition coefficient (Wildman–Crippen LogP) is 0.725. The van der Waals surface area contributed by atoms with Crippen molar-refractivity contribution in [3.63, 3.8) is 0 Å². The maximum Gasteiger partial charge on any atom is 0.252 e. The van der Waals surface area contributed by atoms with E-state index in [2.05, 4.69) is 5.32 Å². The molecule has 0 radical (unpaired) electrons. The molecule has 0 saturated carbocycles. The van der Waals surface area contributed by atoms with E-state index in [4.69, 9.17) is 4.74 Å². The first kappa shape index (κ1) is 19.3. The molecule has 24 heavy (non-hydrogen) atoms. The summed E-state index contributed by atoms with van der Waals surface area (Å²) in [5.41, 5.74) is -1.10. The lowest BCUT2D eigenvalue weighted by molar-refractivity contribution is -0.126. The standard InChI is InChI=1S/C15H24N2O5S2/c1-12-4-5-14(23-12)24(20,21)17-8-3-6-15(19,7-9-17)11-16-13(18)10-22-2/h4-5,19H,3,6-11H2,1-2H3,(H,16,18)/t15-/m1/s1. The number of carbonyl (C=O) groups excluding carboxylic acids is 1. The van der Waals surface area contributed by atoms with Crippen molar-refractivity contribution in [2.75, 3.05) is 33.4 Å². The van der Waals surface area contributed by atoms with Crippen molar-refractivity contribution in [1.29, 1.82) is 0 Å². The Labute approximate surface area is 146 Å². The summed E-state index contributed by atoms with van der Waals surface area (Å²) in [7, 11) is -2.10. The number of aryl methyl sites for hydroxylation is 1. The molecule has 1 aliphatic rings. The normalized spacial score (nSPS) is 23.0. The molecule has 7 nitrogen and oxygen atoms in total.